The van der Waals surface area contributed by atoms with E-state index in [1.165, 1.54) is 6.07 Å². The van der Waals surface area contributed by atoms with Gasteiger partial charge in [0.1, 0.15) is 18.2 Å². The molecule has 186 valence electrons. The van der Waals surface area contributed by atoms with Crippen LogP contribution in [0, 0.1) is 0 Å². The van der Waals surface area contributed by atoms with Gasteiger partial charge in [-0.05, 0) is 47.5 Å². The SMILES string of the molecule is O=C(Nc1ccc(Cc2nnc3ncccn23)cc1)c1cc(C(F)(F)F)ccc1OCc1ccccc1. The van der Waals surface area contributed by atoms with Gasteiger partial charge in [-0.2, -0.15) is 13.2 Å². The summed E-state index contributed by atoms with van der Waals surface area (Å²) < 4.78 is 47.5. The van der Waals surface area contributed by atoms with Crippen LogP contribution in [-0.2, 0) is 19.2 Å². The Kier molecular flexibility index (Phi) is 6.55. The fraction of sp³-hybridized carbons (Fsp3) is 0.111. The average Bonchev–Trinajstić information content (AvgIpc) is 3.31. The molecule has 0 saturated heterocycles. The number of nitrogens with one attached hydrogen (secondary N) is 1. The van der Waals surface area contributed by atoms with Crippen LogP contribution in [0.15, 0.2) is 91.3 Å². The number of aromatic nitrogens is 4. The Bertz CT molecular complexity index is 1530. The second kappa shape index (κ2) is 10.1. The summed E-state index contributed by atoms with van der Waals surface area (Å²) in [7, 11) is 0. The van der Waals surface area contributed by atoms with Gasteiger partial charge in [-0.15, -0.1) is 10.2 Å². The number of hydrogen-bond donors (Lipinski definition) is 1. The topological polar surface area (TPSA) is 81.4 Å². The molecule has 2 aromatic heterocycles. The largest absolute Gasteiger partial charge is 0.488 e. The summed E-state index contributed by atoms with van der Waals surface area (Å²) in [5.74, 6) is 0.534. The molecule has 2 heterocycles. The molecule has 3 aromatic carbocycles. The van der Waals surface area contributed by atoms with E-state index in [2.05, 4.69) is 20.5 Å². The molecule has 1 amide bonds. The number of carbonyl (C=O) groups excluding carboxylic acids is 1. The molecule has 0 aliphatic carbocycles. The summed E-state index contributed by atoms with van der Waals surface area (Å²) in [5, 5.41) is 10.8. The lowest BCUT2D eigenvalue weighted by atomic mass is 10.1. The molecule has 10 heteroatoms. The van der Waals surface area contributed by atoms with Gasteiger partial charge in [-0.3, -0.25) is 9.20 Å². The highest BCUT2D eigenvalue weighted by Crippen LogP contribution is 2.33. The molecule has 7 nitrogen and oxygen atoms in total. The maximum absolute atomic E-state index is 13.4. The van der Waals surface area contributed by atoms with E-state index in [1.807, 2.05) is 36.5 Å². The van der Waals surface area contributed by atoms with Crippen molar-refractivity contribution in [3.8, 4) is 5.75 Å². The van der Waals surface area contributed by atoms with Crippen molar-refractivity contribution in [2.45, 2.75) is 19.2 Å². The number of hydrogen-bond acceptors (Lipinski definition) is 5. The first kappa shape index (κ1) is 24.0. The third-order valence-electron chi connectivity index (χ3n) is 5.62. The minimum Gasteiger partial charge on any atom is -0.488 e. The van der Waals surface area contributed by atoms with Crippen molar-refractivity contribution in [2.75, 3.05) is 5.32 Å². The van der Waals surface area contributed by atoms with Gasteiger partial charge in [-0.25, -0.2) is 4.98 Å². The van der Waals surface area contributed by atoms with E-state index in [1.54, 1.807) is 40.9 Å². The van der Waals surface area contributed by atoms with Gasteiger partial charge in [0.15, 0.2) is 0 Å². The van der Waals surface area contributed by atoms with Crippen LogP contribution in [0.4, 0.5) is 18.9 Å². The van der Waals surface area contributed by atoms with Gasteiger partial charge in [0.2, 0.25) is 0 Å². The maximum atomic E-state index is 13.4. The molecule has 0 aliphatic rings. The molecule has 5 rings (SSSR count). The van der Waals surface area contributed by atoms with Crippen LogP contribution in [-0.4, -0.2) is 25.5 Å². The van der Waals surface area contributed by atoms with Crippen molar-refractivity contribution in [1.82, 2.24) is 19.6 Å². The van der Waals surface area contributed by atoms with Crippen LogP contribution in [0.3, 0.4) is 0 Å². The average molecular weight is 503 g/mol. The van der Waals surface area contributed by atoms with E-state index in [-0.39, 0.29) is 17.9 Å². The maximum Gasteiger partial charge on any atom is 0.416 e. The molecule has 0 saturated carbocycles. The Balaban J connectivity index is 1.33. The molecular weight excluding hydrogens is 483 g/mol. The quantitative estimate of drug-likeness (QED) is 0.314. The van der Waals surface area contributed by atoms with Crippen molar-refractivity contribution in [1.29, 1.82) is 0 Å². The third-order valence-corrected chi connectivity index (χ3v) is 5.62. The highest BCUT2D eigenvalue weighted by Gasteiger charge is 2.32. The minimum absolute atomic E-state index is 0.0540. The summed E-state index contributed by atoms with van der Waals surface area (Å²) >= 11 is 0. The number of ether oxygens (including phenoxy) is 1. The standard InChI is InChI=1S/C27H20F3N5O2/c28-27(29,30)20-9-12-23(37-17-19-5-2-1-3-6-19)22(16-20)25(36)32-21-10-7-18(8-11-21)15-24-33-34-26-31-13-4-14-35(24)26/h1-14,16H,15,17H2,(H,32,36). The lowest BCUT2D eigenvalue weighted by Crippen LogP contribution is -2.16. The Hall–Kier alpha value is -4.73. The highest BCUT2D eigenvalue weighted by atomic mass is 19.4. The number of anilines is 1. The van der Waals surface area contributed by atoms with Crippen molar-refractivity contribution >= 4 is 17.4 Å². The Morgan fingerprint density at radius 3 is 2.46 bits per heavy atom. The first-order valence-electron chi connectivity index (χ1n) is 11.3. The van der Waals surface area contributed by atoms with Crippen LogP contribution in [0.2, 0.25) is 0 Å². The number of alkyl halides is 3. The molecule has 0 atom stereocenters. The number of benzene rings is 3. The minimum atomic E-state index is -4.60. The Morgan fingerprint density at radius 1 is 0.919 bits per heavy atom. The fourth-order valence-electron chi connectivity index (χ4n) is 3.74. The van der Waals surface area contributed by atoms with E-state index >= 15 is 0 Å². The highest BCUT2D eigenvalue weighted by molar-refractivity contribution is 6.06. The van der Waals surface area contributed by atoms with E-state index < -0.39 is 17.6 Å². The number of halogens is 3. The zero-order valence-electron chi connectivity index (χ0n) is 19.3. The van der Waals surface area contributed by atoms with Crippen molar-refractivity contribution in [3.05, 3.63) is 119 Å². The Morgan fingerprint density at radius 2 is 1.70 bits per heavy atom. The zero-order valence-corrected chi connectivity index (χ0v) is 19.3. The lowest BCUT2D eigenvalue weighted by molar-refractivity contribution is -0.137. The number of rotatable bonds is 7. The molecular formula is C27H20F3N5O2. The molecule has 0 radical (unpaired) electrons. The van der Waals surface area contributed by atoms with Crippen LogP contribution in [0.5, 0.6) is 5.75 Å². The van der Waals surface area contributed by atoms with Crippen LogP contribution >= 0.6 is 0 Å². The number of carbonyl (C=O) groups is 1. The molecule has 0 bridgehead atoms. The second-order valence-corrected chi connectivity index (χ2v) is 8.22. The monoisotopic (exact) mass is 503 g/mol. The number of amides is 1. The van der Waals surface area contributed by atoms with Crippen molar-refractivity contribution < 1.29 is 22.7 Å². The predicted octanol–water partition coefficient (Wildman–Crippen LogP) is 5.57. The Labute approximate surface area is 209 Å². The van der Waals surface area contributed by atoms with E-state index in [9.17, 15) is 18.0 Å². The summed E-state index contributed by atoms with van der Waals surface area (Å²) in [5.41, 5.74) is 1.00. The fourth-order valence-corrected chi connectivity index (χ4v) is 3.74. The third kappa shape index (κ3) is 5.58. The predicted molar refractivity (Wildman–Crippen MR) is 130 cm³/mol. The summed E-state index contributed by atoms with van der Waals surface area (Å²) in [6, 6.07) is 20.7. The smallest absolute Gasteiger partial charge is 0.416 e. The van der Waals surface area contributed by atoms with Crippen LogP contribution < -0.4 is 10.1 Å². The molecule has 0 unspecified atom stereocenters. The summed E-state index contributed by atoms with van der Waals surface area (Å²) in [6.45, 7) is 0.105. The number of fused-ring (bicyclic) bond motifs is 1. The van der Waals surface area contributed by atoms with Crippen LogP contribution in [0.25, 0.3) is 5.78 Å². The van der Waals surface area contributed by atoms with Gasteiger partial charge >= 0.3 is 6.18 Å². The molecule has 0 spiro atoms. The normalized spacial score (nSPS) is 11.4. The van der Waals surface area contributed by atoms with E-state index in [0.717, 1.165) is 23.3 Å². The number of nitrogens with zero attached hydrogens (tertiary/aromatic N) is 4. The van der Waals surface area contributed by atoms with Crippen LogP contribution in [0.1, 0.15) is 32.9 Å². The molecule has 37 heavy (non-hydrogen) atoms. The second-order valence-electron chi connectivity index (χ2n) is 8.22. The molecule has 0 fully saturated rings. The lowest BCUT2D eigenvalue weighted by Gasteiger charge is -2.15. The van der Waals surface area contributed by atoms with E-state index in [4.69, 9.17) is 4.74 Å². The molecule has 1 N–H and O–H groups in total. The first-order valence-corrected chi connectivity index (χ1v) is 11.3. The van der Waals surface area contributed by atoms with Crippen molar-refractivity contribution in [2.24, 2.45) is 0 Å². The van der Waals surface area contributed by atoms with E-state index in [0.29, 0.717) is 23.7 Å². The van der Waals surface area contributed by atoms with Gasteiger partial charge in [0.05, 0.1) is 11.1 Å². The summed E-state index contributed by atoms with van der Waals surface area (Å²) in [4.78, 5) is 17.2. The van der Waals surface area contributed by atoms with Gasteiger partial charge in [0, 0.05) is 24.5 Å². The molecule has 0 aliphatic heterocycles. The van der Waals surface area contributed by atoms with Gasteiger partial charge in [-0.1, -0.05) is 42.5 Å². The van der Waals surface area contributed by atoms with Gasteiger partial charge in [0.25, 0.3) is 11.7 Å². The zero-order chi connectivity index (χ0) is 25.8. The first-order chi connectivity index (χ1) is 17.9. The van der Waals surface area contributed by atoms with Crippen molar-refractivity contribution in [3.63, 3.8) is 0 Å². The molecule has 5 aromatic rings. The van der Waals surface area contributed by atoms with Gasteiger partial charge < -0.3 is 10.1 Å². The summed E-state index contributed by atoms with van der Waals surface area (Å²) in [6.07, 6.45) is -0.672.